The second-order valence-electron chi connectivity index (χ2n) is 5.90. The minimum Gasteiger partial charge on any atom is -0.493 e. The molecule has 2 aromatic carbocycles. The van der Waals surface area contributed by atoms with Crippen LogP contribution < -0.4 is 9.47 Å². The molecule has 1 heterocycles. The summed E-state index contributed by atoms with van der Waals surface area (Å²) in [5.74, 6) is 0.746. The van der Waals surface area contributed by atoms with Gasteiger partial charge in [-0.05, 0) is 49.7 Å². The Morgan fingerprint density at radius 3 is 2.48 bits per heavy atom. The molecule has 0 radical (unpaired) electrons. The zero-order chi connectivity index (χ0) is 19.6. The van der Waals surface area contributed by atoms with Gasteiger partial charge in [0.25, 0.3) is 0 Å². The number of nitrogens with zero attached hydrogens (tertiary/aromatic N) is 1. The van der Waals surface area contributed by atoms with Gasteiger partial charge >= 0.3 is 5.97 Å². The first-order valence-corrected chi connectivity index (χ1v) is 8.87. The predicted molar refractivity (Wildman–Crippen MR) is 106 cm³/mol. The largest absolute Gasteiger partial charge is 0.493 e. The third-order valence-electron chi connectivity index (χ3n) is 4.28. The van der Waals surface area contributed by atoms with Gasteiger partial charge in [-0.25, -0.2) is 4.79 Å². The molecule has 0 spiro atoms. The number of methoxy groups -OCH3 is 2. The van der Waals surface area contributed by atoms with Crippen LogP contribution in [0.15, 0.2) is 36.4 Å². The fourth-order valence-corrected chi connectivity index (χ4v) is 3.27. The number of hydrogen-bond acceptors (Lipinski definition) is 5. The average molecular weight is 386 g/mol. The summed E-state index contributed by atoms with van der Waals surface area (Å²) in [5, 5.41) is 1.33. The van der Waals surface area contributed by atoms with Crippen molar-refractivity contribution >= 4 is 28.5 Å². The first kappa shape index (κ1) is 19.0. The molecule has 3 aromatic rings. The Hall–Kier alpha value is -2.79. The van der Waals surface area contributed by atoms with Crippen molar-refractivity contribution in [1.29, 1.82) is 0 Å². The van der Waals surface area contributed by atoms with E-state index in [0.29, 0.717) is 33.3 Å². The molecule has 0 aliphatic rings. The molecule has 0 unspecified atom stereocenters. The lowest BCUT2D eigenvalue weighted by Crippen LogP contribution is -2.10. The number of carbonyl (C=O) groups excluding carboxylic acids is 1. The van der Waals surface area contributed by atoms with Gasteiger partial charge in [0.2, 0.25) is 0 Å². The Morgan fingerprint density at radius 1 is 1.07 bits per heavy atom. The van der Waals surface area contributed by atoms with E-state index >= 15 is 0 Å². The van der Waals surface area contributed by atoms with Crippen LogP contribution in [0.2, 0.25) is 5.02 Å². The van der Waals surface area contributed by atoms with Crippen molar-refractivity contribution in [1.82, 2.24) is 4.98 Å². The van der Waals surface area contributed by atoms with E-state index < -0.39 is 5.97 Å². The molecule has 0 saturated carbocycles. The van der Waals surface area contributed by atoms with Crippen LogP contribution in [0.25, 0.3) is 22.0 Å². The number of carbonyl (C=O) groups is 1. The highest BCUT2D eigenvalue weighted by atomic mass is 35.5. The third-order valence-corrected chi connectivity index (χ3v) is 4.51. The average Bonchev–Trinajstić information content (AvgIpc) is 2.66. The van der Waals surface area contributed by atoms with E-state index in [4.69, 9.17) is 25.8 Å². The molecule has 0 atom stereocenters. The van der Waals surface area contributed by atoms with Crippen molar-refractivity contribution in [2.24, 2.45) is 0 Å². The van der Waals surface area contributed by atoms with Crippen LogP contribution >= 0.6 is 11.6 Å². The topological polar surface area (TPSA) is 57.7 Å². The quantitative estimate of drug-likeness (QED) is 0.575. The van der Waals surface area contributed by atoms with Crippen LogP contribution in [-0.2, 0) is 4.74 Å². The molecule has 0 amide bonds. The van der Waals surface area contributed by atoms with Crippen LogP contribution in [-0.4, -0.2) is 31.8 Å². The molecular formula is C21H20ClNO4. The first-order chi connectivity index (χ1) is 13.0. The molecule has 5 nitrogen and oxygen atoms in total. The molecule has 0 N–H and O–H groups in total. The van der Waals surface area contributed by atoms with Gasteiger partial charge in [0.1, 0.15) is 0 Å². The summed E-state index contributed by atoms with van der Waals surface area (Å²) in [6.07, 6.45) is 0. The van der Waals surface area contributed by atoms with E-state index in [0.717, 1.165) is 16.5 Å². The molecule has 0 bridgehead atoms. The minimum absolute atomic E-state index is 0.275. The normalized spacial score (nSPS) is 10.7. The second kappa shape index (κ2) is 7.84. The third kappa shape index (κ3) is 3.55. The van der Waals surface area contributed by atoms with Crippen LogP contribution in [0.5, 0.6) is 11.5 Å². The molecular weight excluding hydrogens is 366 g/mol. The Morgan fingerprint density at radius 2 is 1.81 bits per heavy atom. The summed E-state index contributed by atoms with van der Waals surface area (Å²) in [6, 6.07) is 10.9. The molecule has 3 rings (SSSR count). The second-order valence-corrected chi connectivity index (χ2v) is 6.34. The van der Waals surface area contributed by atoms with E-state index in [1.54, 1.807) is 46.3 Å². The van der Waals surface area contributed by atoms with Crippen molar-refractivity contribution < 1.29 is 19.0 Å². The lowest BCUT2D eigenvalue weighted by molar-refractivity contribution is 0.0526. The van der Waals surface area contributed by atoms with Crippen molar-refractivity contribution in [2.45, 2.75) is 13.8 Å². The standard InChI is InChI=1S/C21H20ClNO4/c1-5-27-21(24)19-12(2)23-16-8-7-14(22)11-15(16)20(19)13-6-9-17(25-3)18(10-13)26-4/h6-11H,5H2,1-4H3. The van der Waals surface area contributed by atoms with Crippen LogP contribution in [0.3, 0.4) is 0 Å². The van der Waals surface area contributed by atoms with E-state index in [-0.39, 0.29) is 6.61 Å². The Bertz CT molecular complexity index is 1020. The number of ether oxygens (including phenoxy) is 3. The van der Waals surface area contributed by atoms with Gasteiger partial charge in [-0.3, -0.25) is 4.98 Å². The number of hydrogen-bond donors (Lipinski definition) is 0. The van der Waals surface area contributed by atoms with E-state index in [9.17, 15) is 4.79 Å². The van der Waals surface area contributed by atoms with Crippen molar-refractivity contribution in [2.75, 3.05) is 20.8 Å². The van der Waals surface area contributed by atoms with E-state index in [1.807, 2.05) is 18.2 Å². The Kier molecular flexibility index (Phi) is 5.51. The molecule has 6 heteroatoms. The molecule has 0 fully saturated rings. The zero-order valence-electron chi connectivity index (χ0n) is 15.6. The Labute approximate surface area is 162 Å². The number of aromatic nitrogens is 1. The molecule has 27 heavy (non-hydrogen) atoms. The summed E-state index contributed by atoms with van der Waals surface area (Å²) in [7, 11) is 3.15. The van der Waals surface area contributed by atoms with Crippen LogP contribution in [0.1, 0.15) is 23.0 Å². The molecule has 140 valence electrons. The maximum absolute atomic E-state index is 12.7. The van der Waals surface area contributed by atoms with Gasteiger partial charge in [0.05, 0.1) is 37.6 Å². The van der Waals surface area contributed by atoms with Gasteiger partial charge in [0.15, 0.2) is 11.5 Å². The molecule has 0 saturated heterocycles. The number of esters is 1. The van der Waals surface area contributed by atoms with Crippen molar-refractivity contribution in [3.8, 4) is 22.6 Å². The Balaban J connectivity index is 2.39. The highest BCUT2D eigenvalue weighted by molar-refractivity contribution is 6.31. The van der Waals surface area contributed by atoms with E-state index in [2.05, 4.69) is 4.98 Å². The summed E-state index contributed by atoms with van der Waals surface area (Å²) >= 11 is 6.23. The van der Waals surface area contributed by atoms with Gasteiger partial charge in [-0.1, -0.05) is 17.7 Å². The number of halogens is 1. The van der Waals surface area contributed by atoms with Gasteiger partial charge in [0, 0.05) is 16.0 Å². The maximum Gasteiger partial charge on any atom is 0.340 e. The number of rotatable bonds is 5. The smallest absolute Gasteiger partial charge is 0.340 e. The number of benzene rings is 2. The summed E-state index contributed by atoms with van der Waals surface area (Å²) in [4.78, 5) is 17.3. The number of aryl methyl sites for hydroxylation is 1. The number of pyridine rings is 1. The lowest BCUT2D eigenvalue weighted by Gasteiger charge is -2.16. The summed E-state index contributed by atoms with van der Waals surface area (Å²) in [5.41, 5.74) is 3.24. The maximum atomic E-state index is 12.7. The highest BCUT2D eigenvalue weighted by Crippen LogP contribution is 2.38. The van der Waals surface area contributed by atoms with Crippen LogP contribution in [0, 0.1) is 6.92 Å². The van der Waals surface area contributed by atoms with Crippen molar-refractivity contribution in [3.05, 3.63) is 52.7 Å². The van der Waals surface area contributed by atoms with Gasteiger partial charge in [-0.15, -0.1) is 0 Å². The predicted octanol–water partition coefficient (Wildman–Crippen LogP) is 5.06. The fourth-order valence-electron chi connectivity index (χ4n) is 3.10. The number of fused-ring (bicyclic) bond motifs is 1. The monoisotopic (exact) mass is 385 g/mol. The summed E-state index contributed by atoms with van der Waals surface area (Å²) in [6.45, 7) is 3.84. The SMILES string of the molecule is CCOC(=O)c1c(C)nc2ccc(Cl)cc2c1-c1ccc(OC)c(OC)c1. The van der Waals surface area contributed by atoms with Gasteiger partial charge in [-0.2, -0.15) is 0 Å². The van der Waals surface area contributed by atoms with Gasteiger partial charge < -0.3 is 14.2 Å². The zero-order valence-corrected chi connectivity index (χ0v) is 16.4. The highest BCUT2D eigenvalue weighted by Gasteiger charge is 2.22. The molecule has 0 aliphatic heterocycles. The van der Waals surface area contributed by atoms with E-state index in [1.165, 1.54) is 0 Å². The molecule has 0 aliphatic carbocycles. The summed E-state index contributed by atoms with van der Waals surface area (Å²) < 4.78 is 16.0. The lowest BCUT2D eigenvalue weighted by atomic mass is 9.94. The molecule has 1 aromatic heterocycles. The fraction of sp³-hybridized carbons (Fsp3) is 0.238. The first-order valence-electron chi connectivity index (χ1n) is 8.49. The van der Waals surface area contributed by atoms with Crippen LogP contribution in [0.4, 0.5) is 0 Å². The van der Waals surface area contributed by atoms with Crippen molar-refractivity contribution in [3.63, 3.8) is 0 Å². The minimum atomic E-state index is -0.422.